The van der Waals surface area contributed by atoms with Crippen LogP contribution in [0.4, 0.5) is 13.2 Å². The van der Waals surface area contributed by atoms with E-state index in [1.165, 1.54) is 0 Å². The minimum absolute atomic E-state index is 0. The van der Waals surface area contributed by atoms with Gasteiger partial charge in [0.1, 0.15) is 0 Å². The molecule has 0 rings (SSSR count). The van der Waals surface area contributed by atoms with Gasteiger partial charge in [-0.1, -0.05) is 7.43 Å². The van der Waals surface area contributed by atoms with Gasteiger partial charge < -0.3 is 0 Å². The van der Waals surface area contributed by atoms with Crippen LogP contribution in [-0.2, 0) is 27.2 Å². The third kappa shape index (κ3) is 5.04. The molecule has 0 aromatic heterocycles. The zero-order chi connectivity index (χ0) is 7.00. The number of halogens is 3. The first-order valence-corrected chi connectivity index (χ1v) is 2.73. The Labute approximate surface area is 66.8 Å². The van der Waals surface area contributed by atoms with Crippen molar-refractivity contribution in [3.63, 3.8) is 0 Å². The monoisotopic (exact) mass is 229 g/mol. The van der Waals surface area contributed by atoms with Crippen molar-refractivity contribution in [1.29, 1.82) is 0 Å². The molecule has 69 valence electrons. The van der Waals surface area contributed by atoms with Crippen molar-refractivity contribution < 1.29 is 43.2 Å². The zero-order valence-corrected chi connectivity index (χ0v) is 5.37. The molecule has 0 spiro atoms. The zero-order valence-electron chi connectivity index (χ0n) is 3.61. The standard InChI is InChI=1S/CHF3O3S.CH4.Cu/c2-1(3,4)8(5,6)7;;/h(H,5,6,7);1H4;. The first-order chi connectivity index (χ1) is 3.25. The average molecular weight is 230 g/mol. The van der Waals surface area contributed by atoms with Crippen LogP contribution in [0.3, 0.4) is 0 Å². The predicted octanol–water partition coefficient (Wildman–Crippen LogP) is 1.03. The summed E-state index contributed by atoms with van der Waals surface area (Å²) in [6, 6.07) is 0. The van der Waals surface area contributed by atoms with Crippen molar-refractivity contribution in [3.05, 3.63) is 0 Å². The van der Waals surface area contributed by atoms with E-state index < -0.39 is 15.6 Å². The van der Waals surface area contributed by atoms with Crippen LogP contribution in [0.1, 0.15) is 7.43 Å². The topological polar surface area (TPSA) is 54.4 Å². The Balaban J connectivity index is -0.000000245. The molecule has 0 heterocycles. The number of hydrogen-bond acceptors (Lipinski definition) is 2. The minimum Gasteiger partial charge on any atom is -0.279 e. The fourth-order valence-electron chi connectivity index (χ4n) is 0. The molecule has 3 nitrogen and oxygen atoms in total. The van der Waals surface area contributed by atoms with Gasteiger partial charge in [0.05, 0.1) is 0 Å². The molecular weight excluding hydrogens is 225 g/mol. The van der Waals surface area contributed by atoms with Crippen LogP contribution in [-0.4, -0.2) is 18.5 Å². The van der Waals surface area contributed by atoms with Crippen LogP contribution in [0.25, 0.3) is 0 Å². The van der Waals surface area contributed by atoms with Crippen LogP contribution in [0.2, 0.25) is 0 Å². The van der Waals surface area contributed by atoms with E-state index in [1.807, 2.05) is 0 Å². The van der Waals surface area contributed by atoms with E-state index >= 15 is 0 Å². The Kier molecular flexibility index (Phi) is 6.95. The summed E-state index contributed by atoms with van der Waals surface area (Å²) < 4.78 is 57.5. The molecule has 0 saturated carbocycles. The predicted molar refractivity (Wildman–Crippen MR) is 24.3 cm³/mol. The van der Waals surface area contributed by atoms with Gasteiger partial charge in [-0.25, -0.2) is 0 Å². The van der Waals surface area contributed by atoms with Crippen molar-refractivity contribution in [1.82, 2.24) is 0 Å². The van der Waals surface area contributed by atoms with E-state index in [0.29, 0.717) is 0 Å². The van der Waals surface area contributed by atoms with E-state index in [2.05, 4.69) is 0 Å². The molecule has 8 heteroatoms. The van der Waals surface area contributed by atoms with Gasteiger partial charge in [0.2, 0.25) is 0 Å². The van der Waals surface area contributed by atoms with Crippen molar-refractivity contribution in [2.24, 2.45) is 0 Å². The van der Waals surface area contributed by atoms with Crippen molar-refractivity contribution in [2.75, 3.05) is 0 Å². The van der Waals surface area contributed by atoms with Crippen molar-refractivity contribution in [3.8, 4) is 0 Å². The summed E-state index contributed by atoms with van der Waals surface area (Å²) >= 11 is 0. The largest absolute Gasteiger partial charge is 0.522 e. The smallest absolute Gasteiger partial charge is 0.279 e. The van der Waals surface area contributed by atoms with Crippen LogP contribution in [0, 0.1) is 0 Å². The second-order valence-electron chi connectivity index (χ2n) is 0.921. The maximum atomic E-state index is 10.7. The van der Waals surface area contributed by atoms with Gasteiger partial charge in [-0.15, -0.1) is 0 Å². The van der Waals surface area contributed by atoms with Gasteiger partial charge >= 0.3 is 15.6 Å². The van der Waals surface area contributed by atoms with Crippen LogP contribution in [0.5, 0.6) is 0 Å². The molecule has 0 aromatic carbocycles. The van der Waals surface area contributed by atoms with Gasteiger partial charge in [0.15, 0.2) is 0 Å². The summed E-state index contributed by atoms with van der Waals surface area (Å²) in [7, 11) is -5.84. The normalized spacial score (nSPS) is 11.2. The molecule has 0 aliphatic carbocycles. The quantitative estimate of drug-likeness (QED) is 0.384. The van der Waals surface area contributed by atoms with Gasteiger partial charge in [-0.3, -0.25) is 4.55 Å². The first-order valence-electron chi connectivity index (χ1n) is 1.29. The molecule has 0 atom stereocenters. The molecule has 1 N–H and O–H groups in total. The second kappa shape index (κ2) is 4.17. The third-order valence-electron chi connectivity index (χ3n) is 0.292. The summed E-state index contributed by atoms with van der Waals surface area (Å²) in [6.45, 7) is 0. The van der Waals surface area contributed by atoms with E-state index in [-0.39, 0.29) is 24.5 Å². The molecule has 1 radical (unpaired) electrons. The van der Waals surface area contributed by atoms with E-state index in [0.717, 1.165) is 0 Å². The number of alkyl halides is 3. The molecule has 0 aliphatic rings. The van der Waals surface area contributed by atoms with E-state index in [9.17, 15) is 13.2 Å². The van der Waals surface area contributed by atoms with Gasteiger partial charge in [-0.2, -0.15) is 21.6 Å². The summed E-state index contributed by atoms with van der Waals surface area (Å²) in [4.78, 5) is 0. The Bertz CT molecular complexity index is 171. The van der Waals surface area contributed by atoms with E-state index in [4.69, 9.17) is 13.0 Å². The fraction of sp³-hybridized carbons (Fsp3) is 1.00. The second-order valence-corrected chi connectivity index (χ2v) is 2.33. The molecule has 0 amide bonds. The molecule has 0 bridgehead atoms. The van der Waals surface area contributed by atoms with Crippen molar-refractivity contribution >= 4 is 10.1 Å². The van der Waals surface area contributed by atoms with E-state index in [1.54, 1.807) is 0 Å². The Hall–Kier alpha value is 0.219. The number of rotatable bonds is 0. The number of hydrogen-bond donors (Lipinski definition) is 1. The van der Waals surface area contributed by atoms with Gasteiger partial charge in [0.25, 0.3) is 0 Å². The summed E-state index contributed by atoms with van der Waals surface area (Å²) in [6.07, 6.45) is 0. The SMILES string of the molecule is C.O=S(=O)(O)C(F)(F)F.[Cu]. The summed E-state index contributed by atoms with van der Waals surface area (Å²) in [5.74, 6) is 0. The molecule has 0 fully saturated rings. The maximum Gasteiger partial charge on any atom is 0.522 e. The molecule has 0 aromatic rings. The molecule has 0 saturated heterocycles. The fourth-order valence-corrected chi connectivity index (χ4v) is 0. The molecule has 10 heavy (non-hydrogen) atoms. The molecule has 0 unspecified atom stereocenters. The summed E-state index contributed by atoms with van der Waals surface area (Å²) in [5.41, 5.74) is -5.53. The maximum absolute atomic E-state index is 10.7. The summed E-state index contributed by atoms with van der Waals surface area (Å²) in [5, 5.41) is 0. The van der Waals surface area contributed by atoms with Gasteiger partial charge in [-0.05, 0) is 0 Å². The van der Waals surface area contributed by atoms with Crippen LogP contribution in [0.15, 0.2) is 0 Å². The Morgan fingerprint density at radius 2 is 1.30 bits per heavy atom. The molecule has 0 aliphatic heterocycles. The minimum atomic E-state index is -5.84. The average Bonchev–Trinajstić information content (AvgIpc) is 1.25. The molecular formula is C2H5CuF3O3S. The first kappa shape index (κ1) is 16.7. The van der Waals surface area contributed by atoms with Crippen LogP contribution < -0.4 is 0 Å². The third-order valence-corrected chi connectivity index (χ3v) is 0.877. The van der Waals surface area contributed by atoms with Gasteiger partial charge in [0, 0.05) is 17.1 Å². The van der Waals surface area contributed by atoms with Crippen molar-refractivity contribution in [2.45, 2.75) is 12.9 Å². The van der Waals surface area contributed by atoms with Crippen LogP contribution >= 0.6 is 0 Å². The Morgan fingerprint density at radius 3 is 1.30 bits per heavy atom. The Morgan fingerprint density at radius 1 is 1.20 bits per heavy atom.